The maximum Gasteiger partial charge on any atom is 0.335 e. The highest BCUT2D eigenvalue weighted by Crippen LogP contribution is 2.35. The lowest BCUT2D eigenvalue weighted by Gasteiger charge is -2.12. The lowest BCUT2D eigenvalue weighted by Crippen LogP contribution is -2.22. The average molecular weight is 389 g/mol. The number of carbonyl (C=O) groups is 2. The Bertz CT molecular complexity index is 1010. The van der Waals surface area contributed by atoms with Crippen LogP contribution in [0.5, 0.6) is 0 Å². The third-order valence-electron chi connectivity index (χ3n) is 4.11. The fraction of sp³-hybridized carbons (Fsp3) is 0.105. The Kier molecular flexibility index (Phi) is 5.07. The minimum absolute atomic E-state index is 0.0248. The number of carboxylic acids is 1. The van der Waals surface area contributed by atoms with Crippen molar-refractivity contribution in [3.05, 3.63) is 75.8 Å². The Labute approximate surface area is 158 Å². The van der Waals surface area contributed by atoms with E-state index in [9.17, 15) is 14.0 Å². The number of nitrogens with two attached hydrogens (primary N) is 1. The van der Waals surface area contributed by atoms with E-state index in [1.807, 2.05) is 0 Å². The summed E-state index contributed by atoms with van der Waals surface area (Å²) in [7, 11) is 0. The van der Waals surface area contributed by atoms with Crippen molar-refractivity contribution in [2.24, 2.45) is 5.73 Å². The predicted molar refractivity (Wildman–Crippen MR) is 96.3 cm³/mol. The van der Waals surface area contributed by atoms with Gasteiger partial charge in [0.1, 0.15) is 17.3 Å². The highest BCUT2D eigenvalue weighted by atomic mass is 35.5. The van der Waals surface area contributed by atoms with Crippen molar-refractivity contribution in [3.8, 4) is 11.3 Å². The Balaban J connectivity index is 2.03. The zero-order valence-corrected chi connectivity index (χ0v) is 14.8. The summed E-state index contributed by atoms with van der Waals surface area (Å²) >= 11 is 6.07. The van der Waals surface area contributed by atoms with Crippen LogP contribution in [-0.2, 0) is 0 Å². The molecule has 8 heteroatoms. The van der Waals surface area contributed by atoms with E-state index in [1.54, 1.807) is 0 Å². The first-order valence-electron chi connectivity index (χ1n) is 7.85. The minimum atomic E-state index is -1.12. The Hall–Kier alpha value is -3.03. The second-order valence-electron chi connectivity index (χ2n) is 5.83. The first kappa shape index (κ1) is 18.8. The van der Waals surface area contributed by atoms with Crippen molar-refractivity contribution in [3.63, 3.8) is 0 Å². The number of aryl methyl sites for hydroxylation is 1. The van der Waals surface area contributed by atoms with Gasteiger partial charge in [-0.05, 0) is 36.8 Å². The van der Waals surface area contributed by atoms with Crippen LogP contribution in [0, 0.1) is 12.7 Å². The number of aromatic nitrogens is 1. The summed E-state index contributed by atoms with van der Waals surface area (Å²) in [6.07, 6.45) is 0. The fourth-order valence-corrected chi connectivity index (χ4v) is 2.95. The maximum absolute atomic E-state index is 14.3. The van der Waals surface area contributed by atoms with Crippen LogP contribution in [0.15, 0.2) is 47.0 Å². The van der Waals surface area contributed by atoms with Crippen molar-refractivity contribution in [1.82, 2.24) is 5.16 Å². The van der Waals surface area contributed by atoms with Gasteiger partial charge in [-0.3, -0.25) is 4.79 Å². The number of carbonyl (C=O) groups excluding carboxylic acids is 1. The number of hydrogen-bond donors (Lipinski definition) is 2. The van der Waals surface area contributed by atoms with Gasteiger partial charge in [0.15, 0.2) is 5.78 Å². The third-order valence-corrected chi connectivity index (χ3v) is 4.42. The van der Waals surface area contributed by atoms with Crippen LogP contribution in [0.4, 0.5) is 4.39 Å². The zero-order valence-electron chi connectivity index (χ0n) is 14.1. The maximum atomic E-state index is 14.3. The molecule has 3 rings (SSSR count). The number of hydrogen-bond acceptors (Lipinski definition) is 5. The van der Waals surface area contributed by atoms with E-state index in [2.05, 4.69) is 5.16 Å². The number of aromatic carboxylic acids is 1. The zero-order chi connectivity index (χ0) is 19.7. The molecule has 0 spiro atoms. The average Bonchev–Trinajstić information content (AvgIpc) is 3.01. The molecule has 0 bridgehead atoms. The van der Waals surface area contributed by atoms with E-state index in [0.717, 1.165) is 0 Å². The number of benzene rings is 2. The molecule has 0 amide bonds. The monoisotopic (exact) mass is 388 g/mol. The lowest BCUT2D eigenvalue weighted by molar-refractivity contribution is 0.0696. The van der Waals surface area contributed by atoms with Crippen molar-refractivity contribution in [2.75, 3.05) is 0 Å². The van der Waals surface area contributed by atoms with Crippen LogP contribution in [-0.4, -0.2) is 22.0 Å². The molecule has 0 saturated heterocycles. The molecule has 6 nitrogen and oxygen atoms in total. The summed E-state index contributed by atoms with van der Waals surface area (Å²) in [5, 5.41) is 12.8. The summed E-state index contributed by atoms with van der Waals surface area (Å²) in [5.41, 5.74) is 6.47. The molecular formula is C19H14ClFN2O4. The molecule has 0 aliphatic heterocycles. The lowest BCUT2D eigenvalue weighted by atomic mass is 9.94. The van der Waals surface area contributed by atoms with Crippen LogP contribution in [0.1, 0.15) is 38.1 Å². The molecule has 3 aromatic rings. The first-order valence-corrected chi connectivity index (χ1v) is 8.22. The van der Waals surface area contributed by atoms with Crippen LogP contribution in [0.2, 0.25) is 5.02 Å². The van der Waals surface area contributed by atoms with Gasteiger partial charge in [0.05, 0.1) is 27.8 Å². The van der Waals surface area contributed by atoms with Gasteiger partial charge in [-0.15, -0.1) is 0 Å². The summed E-state index contributed by atoms with van der Waals surface area (Å²) in [4.78, 5) is 23.9. The van der Waals surface area contributed by atoms with E-state index in [0.29, 0.717) is 5.56 Å². The van der Waals surface area contributed by atoms with Crippen molar-refractivity contribution >= 4 is 23.4 Å². The highest BCUT2D eigenvalue weighted by Gasteiger charge is 2.29. The number of nitrogens with zero attached hydrogens (tertiary/aromatic N) is 1. The third kappa shape index (κ3) is 3.47. The fourth-order valence-electron chi connectivity index (χ4n) is 2.70. The number of rotatable bonds is 5. The number of carboxylic acid groups (broad SMARTS) is 1. The van der Waals surface area contributed by atoms with Gasteiger partial charge in [-0.25, -0.2) is 9.18 Å². The quantitative estimate of drug-likeness (QED) is 0.639. The predicted octanol–water partition coefficient (Wildman–Crippen LogP) is 4.02. The van der Waals surface area contributed by atoms with Gasteiger partial charge in [0.25, 0.3) is 0 Å². The van der Waals surface area contributed by atoms with Crippen molar-refractivity contribution < 1.29 is 23.6 Å². The SMILES string of the molecule is Cc1onc(-c2c(F)cccc2Cl)c1C(=O)C(N)c1ccc(C(=O)O)cc1. The Morgan fingerprint density at radius 3 is 2.48 bits per heavy atom. The molecule has 3 N–H and O–H groups in total. The van der Waals surface area contributed by atoms with Gasteiger partial charge >= 0.3 is 5.97 Å². The molecule has 0 radical (unpaired) electrons. The molecule has 2 aromatic carbocycles. The normalized spacial score (nSPS) is 12.0. The topological polar surface area (TPSA) is 106 Å². The first-order chi connectivity index (χ1) is 12.8. The Morgan fingerprint density at radius 2 is 1.89 bits per heavy atom. The molecule has 0 aliphatic carbocycles. The van der Waals surface area contributed by atoms with E-state index in [4.69, 9.17) is 27.0 Å². The van der Waals surface area contributed by atoms with Crippen LogP contribution < -0.4 is 5.73 Å². The molecule has 0 saturated carbocycles. The smallest absolute Gasteiger partial charge is 0.335 e. The van der Waals surface area contributed by atoms with Gasteiger partial charge in [-0.1, -0.05) is 35.0 Å². The van der Waals surface area contributed by atoms with Crippen LogP contribution >= 0.6 is 11.6 Å². The van der Waals surface area contributed by atoms with E-state index >= 15 is 0 Å². The summed E-state index contributed by atoms with van der Waals surface area (Å²) in [6, 6.07) is 8.59. The van der Waals surface area contributed by atoms with E-state index < -0.39 is 23.6 Å². The molecule has 138 valence electrons. The highest BCUT2D eigenvalue weighted by molar-refractivity contribution is 6.33. The Morgan fingerprint density at radius 1 is 1.22 bits per heavy atom. The number of ketones is 1. The molecule has 1 unspecified atom stereocenters. The number of Topliss-reactive ketones (excluding diaryl/α,β-unsaturated/α-hetero) is 1. The van der Waals surface area contributed by atoms with E-state index in [1.165, 1.54) is 49.4 Å². The standard InChI is InChI=1S/C19H14ClFN2O4/c1-9-14(17(23-27-9)15-12(20)3-2-4-13(15)21)18(24)16(22)10-5-7-11(8-6-10)19(25)26/h2-8,16H,22H2,1H3,(H,25,26). The minimum Gasteiger partial charge on any atom is -0.478 e. The van der Waals surface area contributed by atoms with Gasteiger partial charge in [-0.2, -0.15) is 0 Å². The van der Waals surface area contributed by atoms with Gasteiger partial charge < -0.3 is 15.4 Å². The summed E-state index contributed by atoms with van der Waals surface area (Å²) in [5.74, 6) is -2.12. The van der Waals surface area contributed by atoms with Crippen molar-refractivity contribution in [1.29, 1.82) is 0 Å². The summed E-state index contributed by atoms with van der Waals surface area (Å²) in [6.45, 7) is 1.51. The molecular weight excluding hydrogens is 375 g/mol. The van der Waals surface area contributed by atoms with Gasteiger partial charge in [0.2, 0.25) is 0 Å². The molecule has 1 heterocycles. The molecule has 1 atom stereocenters. The second-order valence-corrected chi connectivity index (χ2v) is 6.24. The second kappa shape index (κ2) is 7.30. The van der Waals surface area contributed by atoms with Crippen molar-refractivity contribution in [2.45, 2.75) is 13.0 Å². The molecule has 1 aromatic heterocycles. The van der Waals surface area contributed by atoms with Crippen LogP contribution in [0.25, 0.3) is 11.3 Å². The number of halogens is 2. The molecule has 0 fully saturated rings. The molecule has 27 heavy (non-hydrogen) atoms. The summed E-state index contributed by atoms with van der Waals surface area (Å²) < 4.78 is 19.4. The van der Waals surface area contributed by atoms with E-state index in [-0.39, 0.29) is 33.2 Å². The largest absolute Gasteiger partial charge is 0.478 e. The van der Waals surface area contributed by atoms with Crippen LogP contribution in [0.3, 0.4) is 0 Å². The van der Waals surface area contributed by atoms with Gasteiger partial charge in [0, 0.05) is 0 Å². The molecule has 0 aliphatic rings.